The average molecular weight is 352 g/mol. The number of benzene rings is 3. The van der Waals surface area contributed by atoms with Gasteiger partial charge < -0.3 is 9.72 Å². The molecule has 0 saturated carbocycles. The first kappa shape index (κ1) is 15.9. The van der Waals surface area contributed by atoms with Crippen molar-refractivity contribution < 1.29 is 4.74 Å². The highest BCUT2D eigenvalue weighted by molar-refractivity contribution is 5.84. The lowest BCUT2D eigenvalue weighted by molar-refractivity contribution is 0.415. The first-order chi connectivity index (χ1) is 13.3. The Morgan fingerprint density at radius 3 is 2.11 bits per heavy atom. The number of H-pyrrole nitrogens is 1. The van der Waals surface area contributed by atoms with Crippen LogP contribution in [0.2, 0.25) is 0 Å². The highest BCUT2D eigenvalue weighted by Gasteiger charge is 2.21. The van der Waals surface area contributed by atoms with Gasteiger partial charge in [-0.2, -0.15) is 0 Å². The Labute approximate surface area is 158 Å². The number of imidazole rings is 1. The highest BCUT2D eigenvalue weighted by Crippen LogP contribution is 2.38. The van der Waals surface area contributed by atoms with Gasteiger partial charge in [0, 0.05) is 16.7 Å². The molecule has 3 nitrogen and oxygen atoms in total. The molecule has 1 heterocycles. The SMILES string of the molecule is COc1ccc(-c2nc3c([nH]2)-c2ccccc2CCc2ccccc2-3)cc1. The van der Waals surface area contributed by atoms with Crippen molar-refractivity contribution in [3.05, 3.63) is 83.9 Å². The Bertz CT molecular complexity index is 1040. The molecule has 1 aliphatic carbocycles. The zero-order chi connectivity index (χ0) is 18.2. The van der Waals surface area contributed by atoms with E-state index in [-0.39, 0.29) is 0 Å². The third-order valence-corrected chi connectivity index (χ3v) is 5.29. The van der Waals surface area contributed by atoms with Crippen molar-refractivity contribution in [2.75, 3.05) is 7.11 Å². The van der Waals surface area contributed by atoms with Crippen LogP contribution in [0.25, 0.3) is 33.9 Å². The number of aromatic amines is 1. The number of hydrogen-bond donors (Lipinski definition) is 1. The first-order valence-corrected chi connectivity index (χ1v) is 9.24. The molecule has 1 aromatic heterocycles. The van der Waals surface area contributed by atoms with Gasteiger partial charge in [-0.05, 0) is 48.2 Å². The van der Waals surface area contributed by atoms with Gasteiger partial charge in [-0.1, -0.05) is 48.5 Å². The lowest BCUT2D eigenvalue weighted by Gasteiger charge is -2.16. The fourth-order valence-corrected chi connectivity index (χ4v) is 3.87. The Hall–Kier alpha value is -3.33. The number of fused-ring (bicyclic) bond motifs is 5. The van der Waals surface area contributed by atoms with E-state index in [1.807, 2.05) is 24.3 Å². The minimum atomic E-state index is 0.847. The van der Waals surface area contributed by atoms with Crippen LogP contribution in [0.5, 0.6) is 5.75 Å². The molecule has 5 rings (SSSR count). The van der Waals surface area contributed by atoms with Crippen molar-refractivity contribution in [1.29, 1.82) is 0 Å². The molecule has 1 aliphatic rings. The van der Waals surface area contributed by atoms with E-state index in [0.717, 1.165) is 41.4 Å². The molecule has 0 fully saturated rings. The second-order valence-electron chi connectivity index (χ2n) is 6.85. The number of rotatable bonds is 2. The zero-order valence-electron chi connectivity index (χ0n) is 15.2. The van der Waals surface area contributed by atoms with Gasteiger partial charge in [-0.15, -0.1) is 0 Å². The van der Waals surface area contributed by atoms with Crippen LogP contribution in [0.1, 0.15) is 11.1 Å². The molecule has 0 aliphatic heterocycles. The second-order valence-corrected chi connectivity index (χ2v) is 6.85. The average Bonchev–Trinajstić information content (AvgIpc) is 3.16. The van der Waals surface area contributed by atoms with Crippen molar-refractivity contribution in [3.63, 3.8) is 0 Å². The molecule has 0 spiro atoms. The predicted octanol–water partition coefficient (Wildman–Crippen LogP) is 5.52. The summed E-state index contributed by atoms with van der Waals surface area (Å²) in [6.45, 7) is 0. The molecule has 0 radical (unpaired) electrons. The van der Waals surface area contributed by atoms with Crippen molar-refractivity contribution >= 4 is 0 Å². The Kier molecular flexibility index (Phi) is 3.79. The molecule has 4 aromatic rings. The van der Waals surface area contributed by atoms with Crippen LogP contribution in [0.3, 0.4) is 0 Å². The van der Waals surface area contributed by atoms with E-state index < -0.39 is 0 Å². The van der Waals surface area contributed by atoms with Gasteiger partial charge in [0.1, 0.15) is 11.6 Å². The number of aromatic nitrogens is 2. The van der Waals surface area contributed by atoms with E-state index in [0.29, 0.717) is 0 Å². The molecule has 0 amide bonds. The molecule has 3 heteroatoms. The third kappa shape index (κ3) is 2.72. The Morgan fingerprint density at radius 1 is 0.778 bits per heavy atom. The molecule has 1 N–H and O–H groups in total. The largest absolute Gasteiger partial charge is 0.497 e. The second kappa shape index (κ2) is 6.44. The fraction of sp³-hybridized carbons (Fsp3) is 0.125. The van der Waals surface area contributed by atoms with Gasteiger partial charge in [0.15, 0.2) is 0 Å². The highest BCUT2D eigenvalue weighted by atomic mass is 16.5. The summed E-state index contributed by atoms with van der Waals surface area (Å²) < 4.78 is 5.28. The number of nitrogens with one attached hydrogen (secondary N) is 1. The Morgan fingerprint density at radius 2 is 1.41 bits per heavy atom. The molecule has 0 atom stereocenters. The summed E-state index contributed by atoms with van der Waals surface area (Å²) >= 11 is 0. The molecule has 132 valence electrons. The molecule has 0 saturated heterocycles. The summed E-state index contributed by atoms with van der Waals surface area (Å²) in [5, 5.41) is 0. The standard InChI is InChI=1S/C24H20N2O/c1-27-19-14-12-18(13-15-19)24-25-22-20-8-4-2-6-16(20)10-11-17-7-3-5-9-21(17)23(22)26-24/h2-9,12-15H,10-11H2,1H3,(H,25,26). The van der Waals surface area contributed by atoms with Crippen LogP contribution >= 0.6 is 0 Å². The van der Waals surface area contributed by atoms with Crippen LogP contribution < -0.4 is 4.74 Å². The van der Waals surface area contributed by atoms with E-state index in [4.69, 9.17) is 9.72 Å². The van der Waals surface area contributed by atoms with Crippen LogP contribution in [0.15, 0.2) is 72.8 Å². The van der Waals surface area contributed by atoms with E-state index in [1.165, 1.54) is 22.3 Å². The molecule has 3 aromatic carbocycles. The van der Waals surface area contributed by atoms with Crippen LogP contribution in [0, 0.1) is 0 Å². The van der Waals surface area contributed by atoms with Gasteiger partial charge in [-0.25, -0.2) is 4.98 Å². The van der Waals surface area contributed by atoms with Crippen LogP contribution in [0.4, 0.5) is 0 Å². The molecular formula is C24H20N2O. The van der Waals surface area contributed by atoms with Crippen LogP contribution in [-0.2, 0) is 12.8 Å². The fourth-order valence-electron chi connectivity index (χ4n) is 3.87. The van der Waals surface area contributed by atoms with Gasteiger partial charge in [0.25, 0.3) is 0 Å². The zero-order valence-corrected chi connectivity index (χ0v) is 15.2. The summed E-state index contributed by atoms with van der Waals surface area (Å²) in [4.78, 5) is 8.62. The maximum Gasteiger partial charge on any atom is 0.138 e. The van der Waals surface area contributed by atoms with E-state index in [1.54, 1.807) is 7.11 Å². The van der Waals surface area contributed by atoms with Gasteiger partial charge in [0.2, 0.25) is 0 Å². The first-order valence-electron chi connectivity index (χ1n) is 9.24. The minimum Gasteiger partial charge on any atom is -0.497 e. The predicted molar refractivity (Wildman–Crippen MR) is 109 cm³/mol. The quantitative estimate of drug-likeness (QED) is 0.516. The van der Waals surface area contributed by atoms with Crippen molar-refractivity contribution in [2.24, 2.45) is 0 Å². The summed E-state index contributed by atoms with van der Waals surface area (Å²) in [6.07, 6.45) is 2.06. The number of ether oxygens (including phenoxy) is 1. The van der Waals surface area contributed by atoms with E-state index in [9.17, 15) is 0 Å². The van der Waals surface area contributed by atoms with Crippen molar-refractivity contribution in [2.45, 2.75) is 12.8 Å². The lowest BCUT2D eigenvalue weighted by Crippen LogP contribution is -2.01. The van der Waals surface area contributed by atoms with Crippen molar-refractivity contribution in [1.82, 2.24) is 9.97 Å². The molecular weight excluding hydrogens is 332 g/mol. The van der Waals surface area contributed by atoms with Crippen LogP contribution in [-0.4, -0.2) is 17.1 Å². The van der Waals surface area contributed by atoms with Gasteiger partial charge in [0.05, 0.1) is 18.5 Å². The molecule has 0 unspecified atom stereocenters. The van der Waals surface area contributed by atoms with E-state index in [2.05, 4.69) is 53.5 Å². The monoisotopic (exact) mass is 352 g/mol. The minimum absolute atomic E-state index is 0.847. The topological polar surface area (TPSA) is 37.9 Å². The molecule has 0 bridgehead atoms. The van der Waals surface area contributed by atoms with E-state index >= 15 is 0 Å². The van der Waals surface area contributed by atoms with Gasteiger partial charge >= 0.3 is 0 Å². The number of nitrogens with zero attached hydrogens (tertiary/aromatic N) is 1. The maximum atomic E-state index is 5.28. The van der Waals surface area contributed by atoms with Gasteiger partial charge in [-0.3, -0.25) is 0 Å². The number of hydrogen-bond acceptors (Lipinski definition) is 2. The summed E-state index contributed by atoms with van der Waals surface area (Å²) in [5.74, 6) is 1.73. The number of aryl methyl sites for hydroxylation is 2. The summed E-state index contributed by atoms with van der Waals surface area (Å²) in [6, 6.07) is 25.3. The maximum absolute atomic E-state index is 5.28. The van der Waals surface area contributed by atoms with Crippen molar-refractivity contribution in [3.8, 4) is 39.7 Å². The Balaban J connectivity index is 1.74. The summed E-state index contributed by atoms with van der Waals surface area (Å²) in [7, 11) is 1.68. The third-order valence-electron chi connectivity index (χ3n) is 5.29. The number of methoxy groups -OCH3 is 1. The summed E-state index contributed by atoms with van der Waals surface area (Å²) in [5.41, 5.74) is 8.36. The lowest BCUT2D eigenvalue weighted by atomic mass is 9.89. The smallest absolute Gasteiger partial charge is 0.138 e. The normalized spacial score (nSPS) is 12.3. The molecule has 27 heavy (non-hydrogen) atoms.